The number of imide groups is 1. The second-order valence-corrected chi connectivity index (χ2v) is 8.62. The van der Waals surface area contributed by atoms with E-state index in [2.05, 4.69) is 22.3 Å². The zero-order chi connectivity index (χ0) is 22.8. The summed E-state index contributed by atoms with van der Waals surface area (Å²) in [5.74, 6) is -0.661. The molecule has 5 rings (SSSR count). The normalized spacial score (nSPS) is 17.9. The summed E-state index contributed by atoms with van der Waals surface area (Å²) in [6, 6.07) is 24.4. The van der Waals surface area contributed by atoms with Crippen LogP contribution in [0.5, 0.6) is 0 Å². The van der Waals surface area contributed by atoms with Gasteiger partial charge in [0.15, 0.2) is 0 Å². The molecule has 3 aromatic carbocycles. The van der Waals surface area contributed by atoms with Crippen LogP contribution < -0.4 is 5.32 Å². The first-order valence-corrected chi connectivity index (χ1v) is 11.2. The number of hydrogen-bond donors (Lipinski definition) is 1. The molecule has 3 aromatic rings. The van der Waals surface area contributed by atoms with Gasteiger partial charge >= 0.3 is 0 Å². The Labute approximate surface area is 192 Å². The van der Waals surface area contributed by atoms with E-state index in [4.69, 9.17) is 0 Å². The summed E-state index contributed by atoms with van der Waals surface area (Å²) >= 11 is 0. The topological polar surface area (TPSA) is 69.7 Å². The summed E-state index contributed by atoms with van der Waals surface area (Å²) < 4.78 is 0. The third kappa shape index (κ3) is 4.43. The number of nitrogens with zero attached hydrogens (tertiary/aromatic N) is 2. The summed E-state index contributed by atoms with van der Waals surface area (Å²) in [6.45, 7) is 2.86. The predicted octanol–water partition coefficient (Wildman–Crippen LogP) is 3.49. The van der Waals surface area contributed by atoms with Gasteiger partial charge in [0.25, 0.3) is 17.7 Å². The van der Waals surface area contributed by atoms with Crippen molar-refractivity contribution >= 4 is 17.7 Å². The van der Waals surface area contributed by atoms with E-state index in [9.17, 15) is 14.4 Å². The van der Waals surface area contributed by atoms with E-state index in [0.29, 0.717) is 16.7 Å². The average molecular weight is 440 g/mol. The van der Waals surface area contributed by atoms with Crippen LogP contribution in [0.25, 0.3) is 0 Å². The first-order valence-electron chi connectivity index (χ1n) is 11.2. The molecule has 0 bridgehead atoms. The number of carbonyl (C=O) groups excluding carboxylic acids is 3. The highest BCUT2D eigenvalue weighted by atomic mass is 16.2. The van der Waals surface area contributed by atoms with Gasteiger partial charge < -0.3 is 5.32 Å². The molecule has 166 valence electrons. The molecule has 0 saturated carbocycles. The number of hydrogen-bond acceptors (Lipinski definition) is 4. The molecule has 1 fully saturated rings. The van der Waals surface area contributed by atoms with Gasteiger partial charge in [-0.25, -0.2) is 0 Å². The lowest BCUT2D eigenvalue weighted by molar-refractivity contribution is 0.0641. The first-order chi connectivity index (χ1) is 16.1. The molecule has 3 amide bonds. The van der Waals surface area contributed by atoms with Gasteiger partial charge in [0.1, 0.15) is 0 Å². The van der Waals surface area contributed by atoms with Crippen LogP contribution in [0.2, 0.25) is 0 Å². The molecule has 0 unspecified atom stereocenters. The minimum absolute atomic E-state index is 0.103. The van der Waals surface area contributed by atoms with Crippen LogP contribution >= 0.6 is 0 Å². The third-order valence-electron chi connectivity index (χ3n) is 6.29. The Morgan fingerprint density at radius 1 is 0.788 bits per heavy atom. The maximum Gasteiger partial charge on any atom is 0.261 e. The fourth-order valence-electron chi connectivity index (χ4n) is 4.53. The number of benzene rings is 3. The van der Waals surface area contributed by atoms with Gasteiger partial charge in [-0.15, -0.1) is 0 Å². The van der Waals surface area contributed by atoms with Crippen LogP contribution in [0.1, 0.15) is 48.6 Å². The number of rotatable bonds is 6. The summed E-state index contributed by atoms with van der Waals surface area (Å²) in [7, 11) is 0. The van der Waals surface area contributed by atoms with Gasteiger partial charge in [-0.3, -0.25) is 24.2 Å². The quantitative estimate of drug-likeness (QED) is 0.597. The van der Waals surface area contributed by atoms with E-state index in [0.717, 1.165) is 31.6 Å². The molecule has 33 heavy (non-hydrogen) atoms. The van der Waals surface area contributed by atoms with Crippen molar-refractivity contribution in [3.63, 3.8) is 0 Å². The molecule has 0 spiro atoms. The second kappa shape index (κ2) is 9.00. The molecule has 1 saturated heterocycles. The number of fused-ring (bicyclic) bond motifs is 1. The van der Waals surface area contributed by atoms with Crippen molar-refractivity contribution in [3.8, 4) is 0 Å². The van der Waals surface area contributed by atoms with E-state index < -0.39 is 0 Å². The lowest BCUT2D eigenvalue weighted by Crippen LogP contribution is -2.37. The van der Waals surface area contributed by atoms with Gasteiger partial charge in [-0.05, 0) is 41.8 Å². The smallest absolute Gasteiger partial charge is 0.261 e. The van der Waals surface area contributed by atoms with Crippen LogP contribution in [0.3, 0.4) is 0 Å². The monoisotopic (exact) mass is 439 g/mol. The Hall–Kier alpha value is -3.77. The standard InChI is InChI=1S/C27H25N3O3/c31-25(28-22-14-15-29(18-22)16-19-6-2-1-3-7-19)21-12-10-20(11-13-21)17-30-26(32)23-8-4-5-9-24(23)27(30)33/h1-13,22H,14-18H2,(H,28,31)/t22-/m0/s1. The Morgan fingerprint density at radius 3 is 2.06 bits per heavy atom. The summed E-state index contributed by atoms with van der Waals surface area (Å²) in [5, 5.41) is 3.13. The first kappa shape index (κ1) is 21.1. The second-order valence-electron chi connectivity index (χ2n) is 8.62. The van der Waals surface area contributed by atoms with Crippen LogP contribution in [-0.4, -0.2) is 46.7 Å². The zero-order valence-electron chi connectivity index (χ0n) is 18.2. The van der Waals surface area contributed by atoms with E-state index in [-0.39, 0.29) is 30.3 Å². The predicted molar refractivity (Wildman–Crippen MR) is 125 cm³/mol. The number of carbonyl (C=O) groups is 3. The lowest BCUT2D eigenvalue weighted by atomic mass is 10.1. The molecule has 0 radical (unpaired) electrons. The van der Waals surface area contributed by atoms with Crippen LogP contribution in [0.4, 0.5) is 0 Å². The maximum absolute atomic E-state index is 12.7. The van der Waals surface area contributed by atoms with Gasteiger partial charge in [0.05, 0.1) is 17.7 Å². The van der Waals surface area contributed by atoms with Crippen molar-refractivity contribution in [3.05, 3.63) is 107 Å². The molecule has 6 nitrogen and oxygen atoms in total. The van der Waals surface area contributed by atoms with E-state index in [1.54, 1.807) is 48.5 Å². The van der Waals surface area contributed by atoms with Crippen LogP contribution in [0.15, 0.2) is 78.9 Å². The molecule has 2 aliphatic rings. The van der Waals surface area contributed by atoms with Crippen molar-refractivity contribution in [2.75, 3.05) is 13.1 Å². The Balaban J connectivity index is 1.16. The molecule has 2 aliphatic heterocycles. The highest BCUT2D eigenvalue weighted by molar-refractivity contribution is 6.21. The third-order valence-corrected chi connectivity index (χ3v) is 6.29. The summed E-state index contributed by atoms with van der Waals surface area (Å²) in [6.07, 6.45) is 0.927. The SMILES string of the molecule is O=C(N[C@H]1CCN(Cc2ccccc2)C1)c1ccc(CN2C(=O)c3ccccc3C2=O)cc1. The van der Waals surface area contributed by atoms with Crippen molar-refractivity contribution in [2.45, 2.75) is 25.6 Å². The summed E-state index contributed by atoms with van der Waals surface area (Å²) in [4.78, 5) is 41.4. The van der Waals surface area contributed by atoms with Crippen LogP contribution in [0, 0.1) is 0 Å². The molecule has 0 aliphatic carbocycles. The average Bonchev–Trinajstić information content (AvgIpc) is 3.38. The van der Waals surface area contributed by atoms with Crippen molar-refractivity contribution in [2.24, 2.45) is 0 Å². The lowest BCUT2D eigenvalue weighted by Gasteiger charge is -2.17. The molecule has 1 atom stereocenters. The largest absolute Gasteiger partial charge is 0.348 e. The highest BCUT2D eigenvalue weighted by Gasteiger charge is 2.35. The van der Waals surface area contributed by atoms with E-state index in [1.807, 2.05) is 18.2 Å². The number of likely N-dealkylation sites (tertiary alicyclic amines) is 1. The molecule has 6 heteroatoms. The Morgan fingerprint density at radius 2 is 1.39 bits per heavy atom. The molecular formula is C27H25N3O3. The van der Waals surface area contributed by atoms with Gasteiger partial charge in [0, 0.05) is 31.2 Å². The fraction of sp³-hybridized carbons (Fsp3) is 0.222. The minimum atomic E-state index is -0.279. The van der Waals surface area contributed by atoms with Crippen molar-refractivity contribution in [1.82, 2.24) is 15.1 Å². The van der Waals surface area contributed by atoms with E-state index >= 15 is 0 Å². The van der Waals surface area contributed by atoms with Crippen LogP contribution in [-0.2, 0) is 13.1 Å². The Kier molecular flexibility index (Phi) is 5.75. The van der Waals surface area contributed by atoms with Crippen molar-refractivity contribution < 1.29 is 14.4 Å². The summed E-state index contributed by atoms with van der Waals surface area (Å²) in [5.41, 5.74) is 3.53. The van der Waals surface area contributed by atoms with Gasteiger partial charge in [-0.2, -0.15) is 0 Å². The van der Waals surface area contributed by atoms with Gasteiger partial charge in [0.2, 0.25) is 0 Å². The van der Waals surface area contributed by atoms with Gasteiger partial charge in [-0.1, -0.05) is 54.6 Å². The Bertz CT molecular complexity index is 1160. The molecule has 1 N–H and O–H groups in total. The molecular weight excluding hydrogens is 414 g/mol. The van der Waals surface area contributed by atoms with Crippen molar-refractivity contribution in [1.29, 1.82) is 0 Å². The number of nitrogens with one attached hydrogen (secondary N) is 1. The molecule has 0 aromatic heterocycles. The minimum Gasteiger partial charge on any atom is -0.348 e. The fourth-order valence-corrected chi connectivity index (χ4v) is 4.53. The van der Waals surface area contributed by atoms with E-state index in [1.165, 1.54) is 10.5 Å². The molecule has 2 heterocycles. The zero-order valence-corrected chi connectivity index (χ0v) is 18.2. The maximum atomic E-state index is 12.7. The number of amides is 3. The highest BCUT2D eigenvalue weighted by Crippen LogP contribution is 2.24.